The summed E-state index contributed by atoms with van der Waals surface area (Å²) in [5.41, 5.74) is 2.89. The lowest BCUT2D eigenvalue weighted by Gasteiger charge is -2.32. The zero-order chi connectivity index (χ0) is 57.0. The van der Waals surface area contributed by atoms with Crippen molar-refractivity contribution in [3.8, 4) is 11.4 Å². The van der Waals surface area contributed by atoms with Gasteiger partial charge in [0.1, 0.15) is 19.4 Å². The van der Waals surface area contributed by atoms with Crippen LogP contribution in [0.3, 0.4) is 0 Å². The van der Waals surface area contributed by atoms with Crippen LogP contribution in [-0.4, -0.2) is 17.2 Å². The second kappa shape index (κ2) is 19.6. The van der Waals surface area contributed by atoms with Gasteiger partial charge in [0, 0.05) is 66.0 Å². The second-order valence-electron chi connectivity index (χ2n) is 21.1. The molecule has 0 spiro atoms. The van der Waals surface area contributed by atoms with E-state index in [1.807, 2.05) is 143 Å². The molecule has 404 valence electrons. The maximum Gasteiger partial charge on any atom is 0.185 e. The van der Waals surface area contributed by atoms with E-state index in [4.69, 9.17) is 0 Å². The summed E-state index contributed by atoms with van der Waals surface area (Å²) in [6.45, 7) is 1.98. The summed E-state index contributed by atoms with van der Waals surface area (Å²) >= 11 is 0. The van der Waals surface area contributed by atoms with E-state index in [1.54, 1.807) is 97.1 Å². The Balaban J connectivity index is 0.939. The molecule has 14 rings (SSSR count). The van der Waals surface area contributed by atoms with Crippen molar-refractivity contribution in [3.63, 3.8) is 0 Å². The van der Waals surface area contributed by atoms with E-state index in [-0.39, 0.29) is 22.7 Å². The van der Waals surface area contributed by atoms with Gasteiger partial charge in [-0.25, -0.2) is 35.1 Å². The molecule has 0 radical (unpaired) electrons. The Morgan fingerprint density at radius 1 is 0.277 bits per heavy atom. The first-order valence-corrected chi connectivity index (χ1v) is 29.8. The zero-order valence-corrected chi connectivity index (χ0v) is 45.3. The van der Waals surface area contributed by atoms with Crippen LogP contribution in [0.25, 0.3) is 76.5 Å². The summed E-state index contributed by atoms with van der Waals surface area (Å²) in [5.74, 6) is -15.5. The predicted octanol–water partition coefficient (Wildman–Crippen LogP) is 19.1. The van der Waals surface area contributed by atoms with E-state index < -0.39 is 76.4 Å². The van der Waals surface area contributed by atoms with Crippen molar-refractivity contribution in [2.45, 2.75) is 13.1 Å². The Kier molecular flexibility index (Phi) is 12.1. The lowest BCUT2D eigenvalue weighted by molar-refractivity contribution is 0.461. The Labute approximate surface area is 471 Å². The maximum absolute atomic E-state index is 17.7. The van der Waals surface area contributed by atoms with Gasteiger partial charge < -0.3 is 18.9 Å². The summed E-state index contributed by atoms with van der Waals surface area (Å²) < 4.78 is 145. The number of para-hydroxylation sites is 4. The number of hydrogen-bond acceptors (Lipinski definition) is 2. The number of nitrogens with zero attached hydrogens (tertiary/aromatic N) is 4. The Morgan fingerprint density at radius 3 is 0.964 bits per heavy atom. The molecule has 2 heterocycles. The predicted molar refractivity (Wildman–Crippen MR) is 322 cm³/mol. The third-order valence-corrected chi connectivity index (χ3v) is 19.4. The number of halogens is 8. The lowest BCUT2D eigenvalue weighted by Crippen LogP contribution is -2.59. The van der Waals surface area contributed by atoms with Crippen molar-refractivity contribution in [1.82, 2.24) is 9.13 Å². The first kappa shape index (κ1) is 51.2. The van der Waals surface area contributed by atoms with Crippen LogP contribution >= 0.6 is 0 Å². The molecule has 0 atom stereocenters. The number of fused-ring (bicyclic) bond motifs is 8. The topological polar surface area (TPSA) is 16.3 Å². The van der Waals surface area contributed by atoms with Crippen LogP contribution < -0.4 is 20.2 Å². The van der Waals surface area contributed by atoms with Gasteiger partial charge >= 0.3 is 0 Å². The quantitative estimate of drug-likeness (QED) is 0.0771. The fraction of sp³-hybridized carbons (Fsp3) is 0.0286. The molecule has 4 nitrogen and oxygen atoms in total. The van der Waals surface area contributed by atoms with E-state index in [2.05, 4.69) is 0 Å². The van der Waals surface area contributed by atoms with Crippen molar-refractivity contribution in [2.75, 3.05) is 9.80 Å². The first-order chi connectivity index (χ1) is 40.3. The van der Waals surface area contributed by atoms with Crippen LogP contribution in [0.4, 0.5) is 69.2 Å². The van der Waals surface area contributed by atoms with Crippen LogP contribution in [0.1, 0.15) is 0 Å². The van der Waals surface area contributed by atoms with Crippen LogP contribution in [0.15, 0.2) is 231 Å². The summed E-state index contributed by atoms with van der Waals surface area (Å²) in [6.07, 6.45) is 0. The SMILES string of the molecule is C[Si](C)(c1c(F)c(F)c(N(c2ccc3ccccc3c2)c2ccc3c(c2)c2ccccc2n3-c2ccccc2)c(F)c1F)c1c(F)c(F)c(N(c2ccc3ccccc3c2)c2ccc3c(c2)c2ccccc2n3-c2ccccc2)c(F)c1F. The Hall–Kier alpha value is -9.98. The van der Waals surface area contributed by atoms with Gasteiger partial charge in [0.05, 0.1) is 22.1 Å². The molecule has 12 aromatic carbocycles. The molecule has 0 aliphatic rings. The average Bonchev–Trinajstić information content (AvgIpc) is 4.23. The molecule has 0 bridgehead atoms. The van der Waals surface area contributed by atoms with Gasteiger partial charge in [0.2, 0.25) is 0 Å². The highest BCUT2D eigenvalue weighted by Crippen LogP contribution is 2.46. The number of anilines is 6. The summed E-state index contributed by atoms with van der Waals surface area (Å²) in [6, 6.07) is 68.4. The maximum atomic E-state index is 17.7. The van der Waals surface area contributed by atoms with Gasteiger partial charge in [0.15, 0.2) is 46.5 Å². The second-order valence-corrected chi connectivity index (χ2v) is 25.3. The Bertz CT molecular complexity index is 4590. The van der Waals surface area contributed by atoms with Crippen LogP contribution in [-0.2, 0) is 0 Å². The smallest absolute Gasteiger partial charge is 0.185 e. The third kappa shape index (κ3) is 8.00. The molecular weight excluding hydrogens is 1080 g/mol. The third-order valence-electron chi connectivity index (χ3n) is 16.0. The molecule has 0 fully saturated rings. The molecule has 0 saturated carbocycles. The first-order valence-electron chi connectivity index (χ1n) is 26.8. The van der Waals surface area contributed by atoms with Gasteiger partial charge in [-0.05, 0) is 119 Å². The minimum Gasteiger partial charge on any atom is -0.309 e. The van der Waals surface area contributed by atoms with Crippen molar-refractivity contribution >= 4 is 118 Å². The van der Waals surface area contributed by atoms with Crippen LogP contribution in [0.5, 0.6) is 0 Å². The molecule has 0 N–H and O–H groups in total. The fourth-order valence-electron chi connectivity index (χ4n) is 12.2. The van der Waals surface area contributed by atoms with E-state index in [0.29, 0.717) is 21.5 Å². The lowest BCUT2D eigenvalue weighted by atomic mass is 10.1. The van der Waals surface area contributed by atoms with Crippen molar-refractivity contribution in [3.05, 3.63) is 277 Å². The van der Waals surface area contributed by atoms with E-state index in [1.165, 1.54) is 0 Å². The molecule has 14 aromatic rings. The number of benzene rings is 12. The van der Waals surface area contributed by atoms with E-state index in [9.17, 15) is 0 Å². The van der Waals surface area contributed by atoms with Crippen LogP contribution in [0.2, 0.25) is 13.1 Å². The molecule has 13 heteroatoms. The largest absolute Gasteiger partial charge is 0.309 e. The molecule has 0 aliphatic heterocycles. The molecule has 0 saturated heterocycles. The molecule has 0 amide bonds. The number of rotatable bonds is 10. The highest BCUT2D eigenvalue weighted by Gasteiger charge is 2.45. The highest BCUT2D eigenvalue weighted by atomic mass is 28.3. The molecular formula is C70H44F8N4Si. The van der Waals surface area contributed by atoms with Crippen molar-refractivity contribution in [2.24, 2.45) is 0 Å². The van der Waals surface area contributed by atoms with Gasteiger partial charge in [-0.2, -0.15) is 0 Å². The molecule has 0 unspecified atom stereocenters. The minimum absolute atomic E-state index is 0.110. The van der Waals surface area contributed by atoms with E-state index >= 15 is 35.1 Å². The summed E-state index contributed by atoms with van der Waals surface area (Å²) in [7, 11) is -4.96. The molecule has 83 heavy (non-hydrogen) atoms. The van der Waals surface area contributed by atoms with Crippen molar-refractivity contribution < 1.29 is 35.1 Å². The van der Waals surface area contributed by atoms with Crippen molar-refractivity contribution in [1.29, 1.82) is 0 Å². The number of aromatic nitrogens is 2. The fourth-order valence-corrected chi connectivity index (χ4v) is 15.1. The number of hydrogen-bond donors (Lipinski definition) is 0. The Morgan fingerprint density at radius 2 is 0.578 bits per heavy atom. The van der Waals surface area contributed by atoms with Crippen LogP contribution in [0, 0.1) is 46.5 Å². The highest BCUT2D eigenvalue weighted by molar-refractivity contribution is 7.00. The molecule has 0 aliphatic carbocycles. The van der Waals surface area contributed by atoms with Gasteiger partial charge in [-0.3, -0.25) is 0 Å². The normalized spacial score (nSPS) is 12.0. The van der Waals surface area contributed by atoms with Gasteiger partial charge in [0.25, 0.3) is 0 Å². The van der Waals surface area contributed by atoms with Gasteiger partial charge in [-0.1, -0.05) is 147 Å². The standard InChI is InChI=1S/C70H44F8N4Si/c1-83(2,69-63(75)59(71)67(60(72)64(69)76)79(47-31-29-41-17-9-11-19-43(41)37-47)49-33-35-57-53(39-49)51-25-13-15-27-55(51)81(57)45-21-5-3-6-22-45)70-65(77)61(73)68(62(74)66(70)78)80(48-32-30-42-18-10-12-20-44(42)38-48)50-34-36-58-54(40-50)52-26-14-16-28-56(52)82(58)46-23-7-4-8-24-46/h3-40H,1-2H3. The molecule has 2 aromatic heterocycles. The minimum atomic E-state index is -4.96. The zero-order valence-electron chi connectivity index (χ0n) is 44.3. The van der Waals surface area contributed by atoms with Gasteiger partial charge in [-0.15, -0.1) is 0 Å². The summed E-state index contributed by atoms with van der Waals surface area (Å²) in [5, 5.41) is 2.91. The summed E-state index contributed by atoms with van der Waals surface area (Å²) in [4.78, 5) is 2.12. The monoisotopic (exact) mass is 1120 g/mol. The van der Waals surface area contributed by atoms with E-state index in [0.717, 1.165) is 77.9 Å². The average molecular weight is 1120 g/mol.